The molecular formula is C16H15BrClNO2. The van der Waals surface area contributed by atoms with Gasteiger partial charge in [-0.3, -0.25) is 4.79 Å². The summed E-state index contributed by atoms with van der Waals surface area (Å²) in [4.78, 5) is 14.1. The Hall–Kier alpha value is -1.36. The van der Waals surface area contributed by atoms with Gasteiger partial charge >= 0.3 is 0 Å². The number of nitrogens with zero attached hydrogens (tertiary/aromatic N) is 1. The molecule has 0 aliphatic heterocycles. The fourth-order valence-electron chi connectivity index (χ4n) is 1.99. The van der Waals surface area contributed by atoms with Crippen molar-refractivity contribution in [2.24, 2.45) is 0 Å². The van der Waals surface area contributed by atoms with Crippen LogP contribution in [0.3, 0.4) is 0 Å². The number of aliphatic hydroxyl groups excluding tert-OH is 1. The number of hydrogen-bond donors (Lipinski definition) is 1. The van der Waals surface area contributed by atoms with Crippen LogP contribution in [0.2, 0.25) is 5.02 Å². The molecular weight excluding hydrogens is 354 g/mol. The molecule has 110 valence electrons. The Morgan fingerprint density at radius 3 is 2.52 bits per heavy atom. The number of halogens is 2. The molecule has 3 nitrogen and oxygen atoms in total. The largest absolute Gasteiger partial charge is 0.395 e. The Labute approximate surface area is 137 Å². The van der Waals surface area contributed by atoms with Gasteiger partial charge in [0.15, 0.2) is 0 Å². The molecule has 0 spiro atoms. The van der Waals surface area contributed by atoms with Crippen LogP contribution in [-0.2, 0) is 6.54 Å². The van der Waals surface area contributed by atoms with Crippen molar-refractivity contribution in [3.63, 3.8) is 0 Å². The monoisotopic (exact) mass is 367 g/mol. The van der Waals surface area contributed by atoms with Gasteiger partial charge in [-0.2, -0.15) is 0 Å². The number of carbonyl (C=O) groups excluding carboxylic acids is 1. The van der Waals surface area contributed by atoms with Crippen molar-refractivity contribution in [1.29, 1.82) is 0 Å². The van der Waals surface area contributed by atoms with E-state index in [1.807, 2.05) is 30.3 Å². The first-order chi connectivity index (χ1) is 10.1. The van der Waals surface area contributed by atoms with Crippen molar-refractivity contribution < 1.29 is 9.90 Å². The Balaban J connectivity index is 2.20. The maximum Gasteiger partial charge on any atom is 0.254 e. The van der Waals surface area contributed by atoms with Crippen LogP contribution in [0.1, 0.15) is 15.9 Å². The van der Waals surface area contributed by atoms with Gasteiger partial charge < -0.3 is 10.0 Å². The molecule has 0 fully saturated rings. The number of amides is 1. The second-order valence-corrected chi connectivity index (χ2v) is 5.83. The third-order valence-electron chi connectivity index (χ3n) is 3.04. The third-order valence-corrected chi connectivity index (χ3v) is 4.27. The minimum atomic E-state index is -0.151. The third kappa shape index (κ3) is 4.30. The summed E-state index contributed by atoms with van der Waals surface area (Å²) in [7, 11) is 0. The van der Waals surface area contributed by atoms with Crippen molar-refractivity contribution >= 4 is 33.4 Å². The molecule has 0 radical (unpaired) electrons. The number of rotatable bonds is 5. The molecule has 0 atom stereocenters. The Kier molecular flexibility index (Phi) is 5.79. The Bertz CT molecular complexity index is 619. The summed E-state index contributed by atoms with van der Waals surface area (Å²) >= 11 is 9.34. The van der Waals surface area contributed by atoms with Crippen LogP contribution in [0.5, 0.6) is 0 Å². The number of hydrogen-bond acceptors (Lipinski definition) is 2. The molecule has 2 aromatic rings. The second kappa shape index (κ2) is 7.59. The molecule has 0 aromatic heterocycles. The van der Waals surface area contributed by atoms with Crippen molar-refractivity contribution in [3.8, 4) is 0 Å². The summed E-state index contributed by atoms with van der Waals surface area (Å²) in [6, 6.07) is 14.8. The van der Waals surface area contributed by atoms with Crippen LogP contribution in [0.4, 0.5) is 0 Å². The van der Waals surface area contributed by atoms with E-state index < -0.39 is 0 Å². The second-order valence-electron chi connectivity index (χ2n) is 4.56. The van der Waals surface area contributed by atoms with Crippen LogP contribution in [0.25, 0.3) is 0 Å². The quantitative estimate of drug-likeness (QED) is 0.873. The van der Waals surface area contributed by atoms with E-state index in [4.69, 9.17) is 11.6 Å². The zero-order valence-electron chi connectivity index (χ0n) is 11.3. The fourth-order valence-corrected chi connectivity index (χ4v) is 2.42. The van der Waals surface area contributed by atoms with E-state index in [2.05, 4.69) is 15.9 Å². The topological polar surface area (TPSA) is 40.5 Å². The molecule has 5 heteroatoms. The van der Waals surface area contributed by atoms with Crippen molar-refractivity contribution in [1.82, 2.24) is 4.90 Å². The standard InChI is InChI=1S/C16H15BrClNO2/c17-14-7-6-13(10-15(14)18)16(21)19(8-9-20)11-12-4-2-1-3-5-12/h1-7,10,20H,8-9,11H2. The van der Waals surface area contributed by atoms with Crippen molar-refractivity contribution in [2.75, 3.05) is 13.2 Å². The van der Waals surface area contributed by atoms with E-state index in [0.29, 0.717) is 17.1 Å². The molecule has 21 heavy (non-hydrogen) atoms. The van der Waals surface area contributed by atoms with E-state index in [1.54, 1.807) is 23.1 Å². The van der Waals surface area contributed by atoms with Gasteiger partial charge in [0.1, 0.15) is 0 Å². The van der Waals surface area contributed by atoms with Gasteiger partial charge in [0, 0.05) is 23.1 Å². The number of carbonyl (C=O) groups is 1. The summed E-state index contributed by atoms with van der Waals surface area (Å²) in [5, 5.41) is 9.67. The summed E-state index contributed by atoms with van der Waals surface area (Å²) in [5.41, 5.74) is 1.52. The average Bonchev–Trinajstić information content (AvgIpc) is 2.50. The predicted octanol–water partition coefficient (Wildman–Crippen LogP) is 3.74. The first-order valence-corrected chi connectivity index (χ1v) is 7.68. The van der Waals surface area contributed by atoms with E-state index in [1.165, 1.54) is 0 Å². The van der Waals surface area contributed by atoms with Gasteiger partial charge in [0.05, 0.1) is 11.6 Å². The summed E-state index contributed by atoms with van der Waals surface area (Å²) in [6.07, 6.45) is 0. The van der Waals surface area contributed by atoms with Gasteiger partial charge in [0.25, 0.3) is 5.91 Å². The molecule has 1 amide bonds. The van der Waals surface area contributed by atoms with Crippen LogP contribution in [0.15, 0.2) is 53.0 Å². The highest BCUT2D eigenvalue weighted by Gasteiger charge is 2.16. The molecule has 0 aliphatic rings. The highest BCUT2D eigenvalue weighted by Crippen LogP contribution is 2.24. The SMILES string of the molecule is O=C(c1ccc(Br)c(Cl)c1)N(CCO)Cc1ccccc1. The lowest BCUT2D eigenvalue weighted by Crippen LogP contribution is -2.33. The van der Waals surface area contributed by atoms with Gasteiger partial charge in [-0.25, -0.2) is 0 Å². The van der Waals surface area contributed by atoms with E-state index in [-0.39, 0.29) is 19.1 Å². The first-order valence-electron chi connectivity index (χ1n) is 6.51. The maximum atomic E-state index is 12.5. The lowest BCUT2D eigenvalue weighted by atomic mass is 10.1. The lowest BCUT2D eigenvalue weighted by Gasteiger charge is -2.22. The van der Waals surface area contributed by atoms with E-state index in [0.717, 1.165) is 10.0 Å². The van der Waals surface area contributed by atoms with Gasteiger partial charge in [-0.1, -0.05) is 41.9 Å². The van der Waals surface area contributed by atoms with Crippen molar-refractivity contribution in [2.45, 2.75) is 6.54 Å². The van der Waals surface area contributed by atoms with Crippen LogP contribution in [0, 0.1) is 0 Å². The van der Waals surface area contributed by atoms with Crippen LogP contribution in [-0.4, -0.2) is 29.1 Å². The highest BCUT2D eigenvalue weighted by atomic mass is 79.9. The molecule has 1 N–H and O–H groups in total. The number of aliphatic hydroxyl groups is 1. The molecule has 0 unspecified atom stereocenters. The van der Waals surface area contributed by atoms with Gasteiger partial charge in [-0.15, -0.1) is 0 Å². The Morgan fingerprint density at radius 1 is 1.19 bits per heavy atom. The summed E-state index contributed by atoms with van der Waals surface area (Å²) < 4.78 is 0.748. The molecule has 0 saturated heterocycles. The molecule has 0 heterocycles. The normalized spacial score (nSPS) is 10.4. The van der Waals surface area contributed by atoms with Crippen LogP contribution < -0.4 is 0 Å². The van der Waals surface area contributed by atoms with Crippen LogP contribution >= 0.6 is 27.5 Å². The maximum absolute atomic E-state index is 12.5. The molecule has 2 rings (SSSR count). The molecule has 0 bridgehead atoms. The average molecular weight is 369 g/mol. The molecule has 0 aliphatic carbocycles. The minimum Gasteiger partial charge on any atom is -0.395 e. The summed E-state index contributed by atoms with van der Waals surface area (Å²) in [5.74, 6) is -0.151. The first kappa shape index (κ1) is 16.0. The van der Waals surface area contributed by atoms with E-state index in [9.17, 15) is 9.90 Å². The molecule has 2 aromatic carbocycles. The molecule has 0 saturated carbocycles. The Morgan fingerprint density at radius 2 is 1.90 bits per heavy atom. The lowest BCUT2D eigenvalue weighted by molar-refractivity contribution is 0.0708. The number of benzene rings is 2. The van der Waals surface area contributed by atoms with E-state index >= 15 is 0 Å². The van der Waals surface area contributed by atoms with Gasteiger partial charge in [0.2, 0.25) is 0 Å². The predicted molar refractivity (Wildman–Crippen MR) is 87.4 cm³/mol. The highest BCUT2D eigenvalue weighted by molar-refractivity contribution is 9.10. The zero-order chi connectivity index (χ0) is 15.2. The van der Waals surface area contributed by atoms with Gasteiger partial charge in [-0.05, 0) is 39.7 Å². The summed E-state index contributed by atoms with van der Waals surface area (Å²) in [6.45, 7) is 0.651. The smallest absolute Gasteiger partial charge is 0.254 e. The van der Waals surface area contributed by atoms with Crippen molar-refractivity contribution in [3.05, 3.63) is 69.2 Å². The fraction of sp³-hybridized carbons (Fsp3) is 0.188. The zero-order valence-corrected chi connectivity index (χ0v) is 13.6. The minimum absolute atomic E-state index is 0.0805.